The number of nitrogens with zero attached hydrogens (tertiary/aromatic N) is 1. The Morgan fingerprint density at radius 1 is 1.52 bits per heavy atom. The Labute approximate surface area is 143 Å². The van der Waals surface area contributed by atoms with Gasteiger partial charge in [0.2, 0.25) is 0 Å². The molecular weight excluding hydrogens is 356 g/mol. The molecule has 1 N–H and O–H groups in total. The van der Waals surface area contributed by atoms with Gasteiger partial charge in [0, 0.05) is 12.0 Å². The molecule has 0 unspecified atom stereocenters. The third kappa shape index (κ3) is 4.17. The Bertz CT molecular complexity index is 727. The lowest BCUT2D eigenvalue weighted by molar-refractivity contribution is -0.0717. The number of rotatable bonds is 6. The van der Waals surface area contributed by atoms with Crippen molar-refractivity contribution in [2.45, 2.75) is 36.3 Å². The number of hydrogen-bond acceptors (Lipinski definition) is 7. The molecule has 0 spiro atoms. The van der Waals surface area contributed by atoms with E-state index < -0.39 is 10.0 Å². The van der Waals surface area contributed by atoms with E-state index in [1.54, 1.807) is 23.9 Å². The number of aryl methyl sites for hydroxylation is 1. The minimum absolute atomic E-state index is 0.297. The maximum Gasteiger partial charge on any atom is 0.250 e. The third-order valence-electron chi connectivity index (χ3n) is 3.60. The van der Waals surface area contributed by atoms with E-state index in [1.807, 2.05) is 5.38 Å². The first-order valence-electron chi connectivity index (χ1n) is 7.19. The molecule has 1 aliphatic rings. The number of thiophene rings is 1. The third-order valence-corrected chi connectivity index (χ3v) is 7.41. The highest BCUT2D eigenvalue weighted by Crippen LogP contribution is 2.23. The number of thiazole rings is 1. The summed E-state index contributed by atoms with van der Waals surface area (Å²) < 4.78 is 39.5. The van der Waals surface area contributed by atoms with Crippen LogP contribution in [0.2, 0.25) is 0 Å². The summed E-state index contributed by atoms with van der Waals surface area (Å²) in [5.41, 5.74) is 3.35. The molecule has 2 aromatic rings. The monoisotopic (exact) mass is 374 g/mol. The highest BCUT2D eigenvalue weighted by molar-refractivity contribution is 7.91. The standard InChI is InChI=1S/C14H18N2O4S3/c1-10-3-5-22-14(10)23(17,18)16-12-2-4-19-7-13(12)20-6-11-8-21-9-15-11/h3,5,8-9,12-13,16H,2,4,6-7H2,1H3/t12-,13-/m1/s1. The zero-order valence-electron chi connectivity index (χ0n) is 12.6. The fraction of sp³-hybridized carbons (Fsp3) is 0.500. The van der Waals surface area contributed by atoms with Crippen LogP contribution >= 0.6 is 22.7 Å². The highest BCUT2D eigenvalue weighted by Gasteiger charge is 2.32. The molecular formula is C14H18N2O4S3. The summed E-state index contributed by atoms with van der Waals surface area (Å²) in [6.45, 7) is 3.05. The maximum atomic E-state index is 12.6. The highest BCUT2D eigenvalue weighted by atomic mass is 32.2. The molecule has 2 atom stereocenters. The quantitative estimate of drug-likeness (QED) is 0.838. The molecule has 0 radical (unpaired) electrons. The fourth-order valence-electron chi connectivity index (χ4n) is 2.40. The molecule has 1 aliphatic heterocycles. The summed E-state index contributed by atoms with van der Waals surface area (Å²) in [7, 11) is -3.53. The van der Waals surface area contributed by atoms with E-state index in [0.29, 0.717) is 30.5 Å². The first kappa shape index (κ1) is 17.0. The first-order valence-corrected chi connectivity index (χ1v) is 10.5. The minimum atomic E-state index is -3.53. The van der Waals surface area contributed by atoms with E-state index >= 15 is 0 Å². The van der Waals surface area contributed by atoms with Crippen molar-refractivity contribution in [2.24, 2.45) is 0 Å². The topological polar surface area (TPSA) is 77.5 Å². The molecule has 2 aromatic heterocycles. The fourth-order valence-corrected chi connectivity index (χ4v) is 5.68. The largest absolute Gasteiger partial charge is 0.379 e. The van der Waals surface area contributed by atoms with E-state index in [0.717, 1.165) is 11.3 Å². The molecule has 3 rings (SSSR count). The summed E-state index contributed by atoms with van der Waals surface area (Å²) in [4.78, 5) is 4.17. The van der Waals surface area contributed by atoms with Crippen molar-refractivity contribution in [2.75, 3.05) is 13.2 Å². The van der Waals surface area contributed by atoms with Gasteiger partial charge in [0.15, 0.2) is 0 Å². The Morgan fingerprint density at radius 2 is 2.39 bits per heavy atom. The summed E-state index contributed by atoms with van der Waals surface area (Å²) in [5.74, 6) is 0. The summed E-state index contributed by atoms with van der Waals surface area (Å²) in [6, 6.07) is 1.51. The second-order valence-electron chi connectivity index (χ2n) is 5.31. The van der Waals surface area contributed by atoms with E-state index in [1.165, 1.54) is 22.7 Å². The number of nitrogens with one attached hydrogen (secondary N) is 1. The Hall–Kier alpha value is -0.840. The van der Waals surface area contributed by atoms with Gasteiger partial charge in [-0.25, -0.2) is 18.1 Å². The molecule has 0 aromatic carbocycles. The van der Waals surface area contributed by atoms with Crippen LogP contribution in [0.4, 0.5) is 0 Å². The van der Waals surface area contributed by atoms with Gasteiger partial charge in [-0.05, 0) is 30.4 Å². The molecule has 1 saturated heterocycles. The zero-order valence-corrected chi connectivity index (χ0v) is 15.0. The molecule has 1 fully saturated rings. The van der Waals surface area contributed by atoms with Gasteiger partial charge < -0.3 is 9.47 Å². The van der Waals surface area contributed by atoms with Crippen LogP contribution < -0.4 is 4.72 Å². The molecule has 0 aliphatic carbocycles. The number of sulfonamides is 1. The van der Waals surface area contributed by atoms with Crippen LogP contribution in [0.5, 0.6) is 0 Å². The lowest BCUT2D eigenvalue weighted by Crippen LogP contribution is -2.49. The van der Waals surface area contributed by atoms with Gasteiger partial charge in [0.25, 0.3) is 10.0 Å². The van der Waals surface area contributed by atoms with Gasteiger partial charge in [-0.3, -0.25) is 0 Å². The molecule has 3 heterocycles. The Balaban J connectivity index is 1.67. The summed E-state index contributed by atoms with van der Waals surface area (Å²) in [6.07, 6.45) is 0.270. The zero-order chi connectivity index (χ0) is 16.3. The molecule has 0 bridgehead atoms. The maximum absolute atomic E-state index is 12.6. The molecule has 0 amide bonds. The van der Waals surface area contributed by atoms with Crippen molar-refractivity contribution < 1.29 is 17.9 Å². The van der Waals surface area contributed by atoms with Gasteiger partial charge in [-0.1, -0.05) is 0 Å². The molecule has 9 heteroatoms. The van der Waals surface area contributed by atoms with Crippen molar-refractivity contribution in [3.8, 4) is 0 Å². The number of hydrogen-bond donors (Lipinski definition) is 1. The minimum Gasteiger partial charge on any atom is -0.379 e. The summed E-state index contributed by atoms with van der Waals surface area (Å²) >= 11 is 2.73. The second kappa shape index (κ2) is 7.37. The van der Waals surface area contributed by atoms with Crippen molar-refractivity contribution in [3.05, 3.63) is 33.6 Å². The van der Waals surface area contributed by atoms with Crippen LogP contribution in [-0.2, 0) is 26.1 Å². The smallest absolute Gasteiger partial charge is 0.250 e. The van der Waals surface area contributed by atoms with Crippen molar-refractivity contribution >= 4 is 32.7 Å². The SMILES string of the molecule is Cc1ccsc1S(=O)(=O)N[C@@H]1CCOC[C@H]1OCc1cscn1. The van der Waals surface area contributed by atoms with E-state index in [-0.39, 0.29) is 12.1 Å². The predicted octanol–water partition coefficient (Wildman–Crippen LogP) is 2.17. The van der Waals surface area contributed by atoms with Crippen molar-refractivity contribution in [3.63, 3.8) is 0 Å². The van der Waals surface area contributed by atoms with Crippen LogP contribution in [-0.4, -0.2) is 38.8 Å². The van der Waals surface area contributed by atoms with Gasteiger partial charge >= 0.3 is 0 Å². The van der Waals surface area contributed by atoms with Gasteiger partial charge in [0.05, 0.1) is 36.6 Å². The molecule has 23 heavy (non-hydrogen) atoms. The van der Waals surface area contributed by atoms with Crippen LogP contribution in [0.1, 0.15) is 17.7 Å². The van der Waals surface area contributed by atoms with Crippen LogP contribution in [0.15, 0.2) is 26.5 Å². The Morgan fingerprint density at radius 3 is 3.09 bits per heavy atom. The van der Waals surface area contributed by atoms with Crippen LogP contribution in [0, 0.1) is 6.92 Å². The Kier molecular flexibility index (Phi) is 5.45. The predicted molar refractivity (Wildman–Crippen MR) is 89.3 cm³/mol. The van der Waals surface area contributed by atoms with Gasteiger partial charge in [-0.2, -0.15) is 0 Å². The molecule has 0 saturated carbocycles. The van der Waals surface area contributed by atoms with Crippen molar-refractivity contribution in [1.29, 1.82) is 0 Å². The van der Waals surface area contributed by atoms with E-state index in [9.17, 15) is 8.42 Å². The number of ether oxygens (including phenoxy) is 2. The molecule has 6 nitrogen and oxygen atoms in total. The average Bonchev–Trinajstić information content (AvgIpc) is 3.17. The molecule has 126 valence electrons. The average molecular weight is 375 g/mol. The van der Waals surface area contributed by atoms with E-state index in [4.69, 9.17) is 9.47 Å². The summed E-state index contributed by atoms with van der Waals surface area (Å²) in [5, 5.41) is 3.70. The van der Waals surface area contributed by atoms with Gasteiger partial charge in [-0.15, -0.1) is 22.7 Å². The number of aromatic nitrogens is 1. The van der Waals surface area contributed by atoms with Gasteiger partial charge in [0.1, 0.15) is 4.21 Å². The van der Waals surface area contributed by atoms with Crippen molar-refractivity contribution in [1.82, 2.24) is 9.71 Å². The lowest BCUT2D eigenvalue weighted by atomic mass is 10.1. The van der Waals surface area contributed by atoms with Crippen LogP contribution in [0.25, 0.3) is 0 Å². The first-order chi connectivity index (χ1) is 11.1. The second-order valence-corrected chi connectivity index (χ2v) is 8.86. The van der Waals surface area contributed by atoms with E-state index in [2.05, 4.69) is 9.71 Å². The van der Waals surface area contributed by atoms with Crippen LogP contribution in [0.3, 0.4) is 0 Å². The normalized spacial score (nSPS) is 22.3. The lowest BCUT2D eigenvalue weighted by Gasteiger charge is -2.31.